The molecule has 1 aromatic carbocycles. The molecule has 18 heavy (non-hydrogen) atoms. The Balaban J connectivity index is 2.72. The van der Waals surface area contributed by atoms with Crippen molar-refractivity contribution in [3.05, 3.63) is 47.3 Å². The van der Waals surface area contributed by atoms with Crippen molar-refractivity contribution < 1.29 is 9.53 Å². The van der Waals surface area contributed by atoms with Gasteiger partial charge in [-0.05, 0) is 48.7 Å². The molecule has 1 aromatic heterocycles. The van der Waals surface area contributed by atoms with Crippen LogP contribution in [-0.2, 0) is 0 Å². The highest BCUT2D eigenvalue weighted by Gasteiger charge is 2.12. The molecule has 1 heterocycles. The van der Waals surface area contributed by atoms with E-state index in [2.05, 4.69) is 4.98 Å². The molecule has 0 bridgehead atoms. The van der Waals surface area contributed by atoms with Gasteiger partial charge in [0.15, 0.2) is 0 Å². The number of hydrogen-bond acceptors (Lipinski definition) is 3. The van der Waals surface area contributed by atoms with Gasteiger partial charge in [-0.2, -0.15) is 0 Å². The number of aldehydes is 1. The van der Waals surface area contributed by atoms with Gasteiger partial charge < -0.3 is 4.74 Å². The van der Waals surface area contributed by atoms with Crippen LogP contribution in [0.25, 0.3) is 11.1 Å². The minimum absolute atomic E-state index is 0.640. The lowest BCUT2D eigenvalue weighted by molar-refractivity contribution is 0.112. The second kappa shape index (κ2) is 5.00. The number of carbonyl (C=O) groups is 1. The first-order chi connectivity index (χ1) is 8.67. The minimum atomic E-state index is 0.640. The molecule has 3 nitrogen and oxygen atoms in total. The van der Waals surface area contributed by atoms with E-state index >= 15 is 0 Å². The van der Waals surface area contributed by atoms with Crippen LogP contribution in [0.4, 0.5) is 0 Å². The number of rotatable bonds is 3. The summed E-state index contributed by atoms with van der Waals surface area (Å²) in [5, 5.41) is 0. The fourth-order valence-electron chi connectivity index (χ4n) is 2.12. The second-order valence-corrected chi connectivity index (χ2v) is 4.23. The molecule has 0 saturated heterocycles. The lowest BCUT2D eigenvalue weighted by Crippen LogP contribution is -1.95. The standard InChI is InChI=1S/C15H15NO2/c1-10-7-16-8-11(2)15(10)13-6-12(9-17)4-5-14(13)18-3/h4-9H,1-3H3. The summed E-state index contributed by atoms with van der Waals surface area (Å²) < 4.78 is 5.37. The van der Waals surface area contributed by atoms with Gasteiger partial charge in [-0.15, -0.1) is 0 Å². The molecule has 0 radical (unpaired) electrons. The maximum Gasteiger partial charge on any atom is 0.150 e. The molecule has 2 rings (SSSR count). The number of hydrogen-bond donors (Lipinski definition) is 0. The number of aryl methyl sites for hydroxylation is 2. The quantitative estimate of drug-likeness (QED) is 0.775. The molecule has 0 unspecified atom stereocenters. The molecule has 0 aliphatic heterocycles. The van der Waals surface area contributed by atoms with Crippen molar-refractivity contribution in [2.45, 2.75) is 13.8 Å². The third-order valence-electron chi connectivity index (χ3n) is 2.95. The molecule has 0 N–H and O–H groups in total. The van der Waals surface area contributed by atoms with Crippen LogP contribution in [0.15, 0.2) is 30.6 Å². The number of pyridine rings is 1. The summed E-state index contributed by atoms with van der Waals surface area (Å²) in [4.78, 5) is 15.1. The molecule has 0 amide bonds. The molecule has 3 heteroatoms. The predicted octanol–water partition coefficient (Wildman–Crippen LogP) is 3.19. The smallest absolute Gasteiger partial charge is 0.150 e. The third-order valence-corrected chi connectivity index (χ3v) is 2.95. The molecule has 2 aromatic rings. The van der Waals surface area contributed by atoms with E-state index in [1.165, 1.54) is 0 Å². The van der Waals surface area contributed by atoms with E-state index < -0.39 is 0 Å². The molecule has 0 atom stereocenters. The highest BCUT2D eigenvalue weighted by molar-refractivity contribution is 5.83. The van der Waals surface area contributed by atoms with E-state index in [-0.39, 0.29) is 0 Å². The maximum atomic E-state index is 10.9. The lowest BCUT2D eigenvalue weighted by atomic mass is 9.96. The zero-order chi connectivity index (χ0) is 13.1. The summed E-state index contributed by atoms with van der Waals surface area (Å²) in [5.41, 5.74) is 4.78. The second-order valence-electron chi connectivity index (χ2n) is 4.23. The van der Waals surface area contributed by atoms with Gasteiger partial charge in [-0.1, -0.05) is 0 Å². The average molecular weight is 241 g/mol. The fraction of sp³-hybridized carbons (Fsp3) is 0.200. The molecule has 92 valence electrons. The molecule has 0 fully saturated rings. The van der Waals surface area contributed by atoms with Crippen molar-refractivity contribution in [2.75, 3.05) is 7.11 Å². The number of carbonyl (C=O) groups excluding carboxylic acids is 1. The molecular weight excluding hydrogens is 226 g/mol. The van der Waals surface area contributed by atoms with Crippen LogP contribution >= 0.6 is 0 Å². The third kappa shape index (κ3) is 2.12. The first-order valence-corrected chi connectivity index (χ1v) is 5.72. The summed E-state index contributed by atoms with van der Waals surface area (Å²) in [6, 6.07) is 5.42. The van der Waals surface area contributed by atoms with Gasteiger partial charge in [0.05, 0.1) is 7.11 Å². The van der Waals surface area contributed by atoms with Gasteiger partial charge in [-0.25, -0.2) is 0 Å². The molecule has 0 aliphatic rings. The zero-order valence-corrected chi connectivity index (χ0v) is 10.7. The van der Waals surface area contributed by atoms with Gasteiger partial charge >= 0.3 is 0 Å². The normalized spacial score (nSPS) is 10.2. The van der Waals surface area contributed by atoms with Crippen molar-refractivity contribution in [3.8, 4) is 16.9 Å². The van der Waals surface area contributed by atoms with Crippen LogP contribution < -0.4 is 4.74 Å². The first-order valence-electron chi connectivity index (χ1n) is 5.72. The summed E-state index contributed by atoms with van der Waals surface area (Å²) in [5.74, 6) is 0.762. The summed E-state index contributed by atoms with van der Waals surface area (Å²) >= 11 is 0. The number of benzene rings is 1. The number of ether oxygens (including phenoxy) is 1. The van der Waals surface area contributed by atoms with Crippen LogP contribution in [0, 0.1) is 13.8 Å². The highest BCUT2D eigenvalue weighted by Crippen LogP contribution is 2.34. The monoisotopic (exact) mass is 241 g/mol. The minimum Gasteiger partial charge on any atom is -0.496 e. The van der Waals surface area contributed by atoms with E-state index in [1.807, 2.05) is 38.4 Å². The summed E-state index contributed by atoms with van der Waals surface area (Å²) in [6.07, 6.45) is 4.47. The maximum absolute atomic E-state index is 10.9. The van der Waals surface area contributed by atoms with E-state index in [4.69, 9.17) is 4.74 Å². The van der Waals surface area contributed by atoms with Gasteiger partial charge in [-0.3, -0.25) is 9.78 Å². The Morgan fingerprint density at radius 1 is 1.17 bits per heavy atom. The van der Waals surface area contributed by atoms with E-state index in [9.17, 15) is 4.79 Å². The van der Waals surface area contributed by atoms with Gasteiger partial charge in [0.25, 0.3) is 0 Å². The number of nitrogens with zero attached hydrogens (tertiary/aromatic N) is 1. The molecule has 0 aliphatic carbocycles. The largest absolute Gasteiger partial charge is 0.496 e. The topological polar surface area (TPSA) is 39.2 Å². The van der Waals surface area contributed by atoms with Crippen LogP contribution in [0.3, 0.4) is 0 Å². The predicted molar refractivity (Wildman–Crippen MR) is 71.1 cm³/mol. The van der Waals surface area contributed by atoms with Crippen LogP contribution in [0.5, 0.6) is 5.75 Å². The summed E-state index contributed by atoms with van der Waals surface area (Å²) in [7, 11) is 1.63. The molecule has 0 saturated carbocycles. The SMILES string of the molecule is COc1ccc(C=O)cc1-c1c(C)cncc1C. The van der Waals surface area contributed by atoms with E-state index in [0.717, 1.165) is 34.3 Å². The van der Waals surface area contributed by atoms with Crippen LogP contribution in [0.1, 0.15) is 21.5 Å². The number of methoxy groups -OCH3 is 1. The van der Waals surface area contributed by atoms with Crippen molar-refractivity contribution in [1.29, 1.82) is 0 Å². The van der Waals surface area contributed by atoms with Crippen LogP contribution in [-0.4, -0.2) is 18.4 Å². The Morgan fingerprint density at radius 2 is 1.83 bits per heavy atom. The fourth-order valence-corrected chi connectivity index (χ4v) is 2.12. The Hall–Kier alpha value is -2.16. The zero-order valence-electron chi connectivity index (χ0n) is 10.7. The highest BCUT2D eigenvalue weighted by atomic mass is 16.5. The summed E-state index contributed by atoms with van der Waals surface area (Å²) in [6.45, 7) is 4.00. The van der Waals surface area contributed by atoms with E-state index in [0.29, 0.717) is 5.56 Å². The van der Waals surface area contributed by atoms with Crippen molar-refractivity contribution in [1.82, 2.24) is 4.98 Å². The van der Waals surface area contributed by atoms with Crippen molar-refractivity contribution >= 4 is 6.29 Å². The lowest BCUT2D eigenvalue weighted by Gasteiger charge is -2.13. The van der Waals surface area contributed by atoms with Gasteiger partial charge in [0.1, 0.15) is 12.0 Å². The van der Waals surface area contributed by atoms with Gasteiger partial charge in [0, 0.05) is 23.5 Å². The Bertz CT molecular complexity index is 571. The van der Waals surface area contributed by atoms with E-state index in [1.54, 1.807) is 13.2 Å². The Labute approximate surface area is 106 Å². The first kappa shape index (κ1) is 12.3. The van der Waals surface area contributed by atoms with Gasteiger partial charge in [0.2, 0.25) is 0 Å². The molecular formula is C15H15NO2. The average Bonchev–Trinajstić information content (AvgIpc) is 2.38. The van der Waals surface area contributed by atoms with Crippen molar-refractivity contribution in [3.63, 3.8) is 0 Å². The Kier molecular flexibility index (Phi) is 3.42. The Morgan fingerprint density at radius 3 is 2.39 bits per heavy atom. The van der Waals surface area contributed by atoms with Crippen LogP contribution in [0.2, 0.25) is 0 Å². The molecule has 0 spiro atoms. The number of aromatic nitrogens is 1. The van der Waals surface area contributed by atoms with Crippen molar-refractivity contribution in [2.24, 2.45) is 0 Å².